The molecule has 0 saturated heterocycles. The van der Waals surface area contributed by atoms with E-state index in [1.807, 2.05) is 6.92 Å². The first kappa shape index (κ1) is 10.1. The molecule has 0 spiro atoms. The van der Waals surface area contributed by atoms with Gasteiger partial charge in [-0.2, -0.15) is 0 Å². The Bertz CT molecular complexity index is 392. The summed E-state index contributed by atoms with van der Waals surface area (Å²) >= 11 is 1.25. The molecule has 0 aliphatic heterocycles. The summed E-state index contributed by atoms with van der Waals surface area (Å²) in [6.45, 7) is 1.93. The Labute approximate surface area is 88.2 Å². The molecule has 1 fully saturated rings. The summed E-state index contributed by atoms with van der Waals surface area (Å²) in [4.78, 5) is 0. The number of thiophene rings is 1. The van der Waals surface area contributed by atoms with Crippen molar-refractivity contribution >= 4 is 21.4 Å². The fourth-order valence-electron chi connectivity index (χ4n) is 1.41. The van der Waals surface area contributed by atoms with Gasteiger partial charge in [0.15, 0.2) is 0 Å². The second-order valence-corrected chi connectivity index (χ2v) is 6.57. The lowest BCUT2D eigenvalue weighted by molar-refractivity contribution is 0.540. The van der Waals surface area contributed by atoms with Crippen LogP contribution in [0.25, 0.3) is 0 Å². The number of rotatable bonds is 4. The van der Waals surface area contributed by atoms with Crippen molar-refractivity contribution in [3.63, 3.8) is 0 Å². The van der Waals surface area contributed by atoms with Crippen LogP contribution >= 0.6 is 11.3 Å². The lowest BCUT2D eigenvalue weighted by atomic mass is 10.2. The van der Waals surface area contributed by atoms with E-state index < -0.39 is 10.0 Å². The second-order valence-electron chi connectivity index (χ2n) is 3.68. The van der Waals surface area contributed by atoms with Crippen molar-refractivity contribution < 1.29 is 8.42 Å². The first-order chi connectivity index (χ1) is 6.59. The van der Waals surface area contributed by atoms with Gasteiger partial charge in [-0.25, -0.2) is 13.1 Å². The van der Waals surface area contributed by atoms with E-state index in [0.717, 1.165) is 12.8 Å². The lowest BCUT2D eigenvalue weighted by Gasteiger charge is -2.11. The Balaban J connectivity index is 2.09. The molecule has 1 atom stereocenters. The first-order valence-electron chi connectivity index (χ1n) is 4.65. The maximum atomic E-state index is 11.7. The van der Waals surface area contributed by atoms with E-state index in [2.05, 4.69) is 4.72 Å². The Hall–Kier alpha value is -0.390. The number of sulfonamides is 1. The molecule has 0 radical (unpaired) electrons. The molecule has 1 aromatic heterocycles. The van der Waals surface area contributed by atoms with Crippen molar-refractivity contribution in [2.45, 2.75) is 30.0 Å². The van der Waals surface area contributed by atoms with E-state index in [0.29, 0.717) is 10.1 Å². The Kier molecular flexibility index (Phi) is 2.64. The smallest absolute Gasteiger partial charge is 0.207 e. The second kappa shape index (κ2) is 3.64. The maximum absolute atomic E-state index is 11.7. The highest BCUT2D eigenvalue weighted by molar-refractivity contribution is 7.91. The van der Waals surface area contributed by atoms with Gasteiger partial charge >= 0.3 is 0 Å². The van der Waals surface area contributed by atoms with Gasteiger partial charge < -0.3 is 0 Å². The summed E-state index contributed by atoms with van der Waals surface area (Å²) in [7, 11) is -3.25. The Morgan fingerprint density at radius 2 is 2.29 bits per heavy atom. The zero-order chi connectivity index (χ0) is 10.2. The fourth-order valence-corrected chi connectivity index (χ4v) is 3.73. The molecular formula is C9H13NO2S2. The van der Waals surface area contributed by atoms with Crippen LogP contribution in [0.3, 0.4) is 0 Å². The van der Waals surface area contributed by atoms with Gasteiger partial charge in [0, 0.05) is 6.04 Å². The average Bonchev–Trinajstić information content (AvgIpc) is 2.80. The van der Waals surface area contributed by atoms with Crippen LogP contribution < -0.4 is 4.72 Å². The monoisotopic (exact) mass is 231 g/mol. The molecule has 0 unspecified atom stereocenters. The molecule has 14 heavy (non-hydrogen) atoms. The number of nitrogens with one attached hydrogen (secondary N) is 1. The Morgan fingerprint density at radius 1 is 1.57 bits per heavy atom. The van der Waals surface area contributed by atoms with Crippen LogP contribution in [0.15, 0.2) is 21.7 Å². The van der Waals surface area contributed by atoms with Gasteiger partial charge in [0.25, 0.3) is 0 Å². The van der Waals surface area contributed by atoms with E-state index in [1.54, 1.807) is 17.5 Å². The van der Waals surface area contributed by atoms with E-state index in [-0.39, 0.29) is 6.04 Å². The third-order valence-electron chi connectivity index (χ3n) is 2.43. The van der Waals surface area contributed by atoms with Crippen molar-refractivity contribution in [3.05, 3.63) is 17.5 Å². The van der Waals surface area contributed by atoms with Crippen LogP contribution in [0, 0.1) is 5.92 Å². The van der Waals surface area contributed by atoms with E-state index in [4.69, 9.17) is 0 Å². The van der Waals surface area contributed by atoms with Crippen LogP contribution in [0.4, 0.5) is 0 Å². The summed E-state index contributed by atoms with van der Waals surface area (Å²) in [5, 5.41) is 1.77. The van der Waals surface area contributed by atoms with Gasteiger partial charge in [-0.15, -0.1) is 11.3 Å². The number of hydrogen-bond acceptors (Lipinski definition) is 3. The highest BCUT2D eigenvalue weighted by atomic mass is 32.2. The van der Waals surface area contributed by atoms with Crippen molar-refractivity contribution in [2.24, 2.45) is 5.92 Å². The van der Waals surface area contributed by atoms with Gasteiger partial charge in [-0.1, -0.05) is 6.07 Å². The third-order valence-corrected chi connectivity index (χ3v) is 5.39. The molecular weight excluding hydrogens is 218 g/mol. The standard InChI is InChI=1S/C9H13NO2S2/c1-7(8-4-5-8)10-14(11,12)9-3-2-6-13-9/h2-3,6-8,10H,4-5H2,1H3/t7-/m1/s1. The molecule has 1 heterocycles. The summed E-state index contributed by atoms with van der Waals surface area (Å²) in [5.74, 6) is 0.546. The molecule has 1 N–H and O–H groups in total. The SMILES string of the molecule is C[C@@H](NS(=O)(=O)c1cccs1)C1CC1. The third kappa shape index (κ3) is 2.16. The molecule has 3 nitrogen and oxygen atoms in total. The van der Waals surface area contributed by atoms with Crippen LogP contribution in [-0.2, 0) is 10.0 Å². The molecule has 1 aliphatic carbocycles. The van der Waals surface area contributed by atoms with Crippen molar-refractivity contribution in [2.75, 3.05) is 0 Å². The van der Waals surface area contributed by atoms with E-state index >= 15 is 0 Å². The largest absolute Gasteiger partial charge is 0.250 e. The zero-order valence-electron chi connectivity index (χ0n) is 7.93. The highest BCUT2D eigenvalue weighted by Gasteiger charge is 2.31. The Morgan fingerprint density at radius 3 is 2.79 bits per heavy atom. The normalized spacial score (nSPS) is 19.5. The van der Waals surface area contributed by atoms with Crippen LogP contribution in [-0.4, -0.2) is 14.5 Å². The molecule has 5 heteroatoms. The van der Waals surface area contributed by atoms with Gasteiger partial charge in [-0.05, 0) is 37.1 Å². The minimum atomic E-state index is -3.25. The van der Waals surface area contributed by atoms with Gasteiger partial charge in [0.2, 0.25) is 10.0 Å². The maximum Gasteiger partial charge on any atom is 0.250 e. The minimum Gasteiger partial charge on any atom is -0.207 e. The quantitative estimate of drug-likeness (QED) is 0.859. The van der Waals surface area contributed by atoms with Gasteiger partial charge in [0.05, 0.1) is 0 Å². The molecule has 0 amide bonds. The summed E-state index contributed by atoms with van der Waals surface area (Å²) in [6.07, 6.45) is 2.29. The van der Waals surface area contributed by atoms with Crippen LogP contribution in [0.2, 0.25) is 0 Å². The molecule has 1 saturated carbocycles. The summed E-state index contributed by atoms with van der Waals surface area (Å²) < 4.78 is 26.6. The van der Waals surface area contributed by atoms with Crippen LogP contribution in [0.5, 0.6) is 0 Å². The molecule has 0 aromatic carbocycles. The average molecular weight is 231 g/mol. The van der Waals surface area contributed by atoms with Crippen molar-refractivity contribution in [3.8, 4) is 0 Å². The van der Waals surface area contributed by atoms with E-state index in [9.17, 15) is 8.42 Å². The predicted molar refractivity (Wildman–Crippen MR) is 56.8 cm³/mol. The molecule has 2 rings (SSSR count). The fraction of sp³-hybridized carbons (Fsp3) is 0.556. The van der Waals surface area contributed by atoms with Crippen LogP contribution in [0.1, 0.15) is 19.8 Å². The highest BCUT2D eigenvalue weighted by Crippen LogP contribution is 2.33. The zero-order valence-corrected chi connectivity index (χ0v) is 9.57. The molecule has 1 aromatic rings. The lowest BCUT2D eigenvalue weighted by Crippen LogP contribution is -2.33. The predicted octanol–water partition coefficient (Wildman–Crippen LogP) is 1.82. The minimum absolute atomic E-state index is 0.0714. The molecule has 78 valence electrons. The van der Waals surface area contributed by atoms with E-state index in [1.165, 1.54) is 11.3 Å². The number of hydrogen-bond donors (Lipinski definition) is 1. The molecule has 1 aliphatic rings. The topological polar surface area (TPSA) is 46.2 Å². The van der Waals surface area contributed by atoms with Gasteiger partial charge in [-0.3, -0.25) is 0 Å². The molecule has 0 bridgehead atoms. The summed E-state index contributed by atoms with van der Waals surface area (Å²) in [5.41, 5.74) is 0. The first-order valence-corrected chi connectivity index (χ1v) is 7.02. The van der Waals surface area contributed by atoms with Crippen molar-refractivity contribution in [1.29, 1.82) is 0 Å². The summed E-state index contributed by atoms with van der Waals surface area (Å²) in [6, 6.07) is 3.45. The van der Waals surface area contributed by atoms with Crippen molar-refractivity contribution in [1.82, 2.24) is 4.72 Å². The van der Waals surface area contributed by atoms with Gasteiger partial charge in [0.1, 0.15) is 4.21 Å².